The third kappa shape index (κ3) is 2.59. The number of hydrogen-bond acceptors (Lipinski definition) is 2. The lowest BCUT2D eigenvalue weighted by Gasteiger charge is -2.13. The average Bonchev–Trinajstić information content (AvgIpc) is 2.83. The van der Waals surface area contributed by atoms with Gasteiger partial charge in [-0.05, 0) is 39.3 Å². The molecular formula is C15H24N4. The molecule has 0 fully saturated rings. The monoisotopic (exact) mass is 260 g/mol. The molecule has 2 heterocycles. The Bertz CT molecular complexity index is 577. The lowest BCUT2D eigenvalue weighted by Crippen LogP contribution is -2.19. The highest BCUT2D eigenvalue weighted by Crippen LogP contribution is 2.18. The molecule has 0 aliphatic heterocycles. The van der Waals surface area contributed by atoms with Crippen LogP contribution >= 0.6 is 0 Å². The van der Waals surface area contributed by atoms with Gasteiger partial charge in [0.05, 0.1) is 6.20 Å². The summed E-state index contributed by atoms with van der Waals surface area (Å²) in [5.74, 6) is 0. The number of hydrogen-bond donors (Lipinski definition) is 1. The molecule has 0 aromatic carbocycles. The predicted molar refractivity (Wildman–Crippen MR) is 78.1 cm³/mol. The number of nitrogens with zero attached hydrogens (tertiary/aromatic N) is 3. The van der Waals surface area contributed by atoms with Crippen molar-refractivity contribution < 1.29 is 0 Å². The van der Waals surface area contributed by atoms with E-state index in [2.05, 4.69) is 55.8 Å². The zero-order valence-electron chi connectivity index (χ0n) is 12.8. The highest BCUT2D eigenvalue weighted by atomic mass is 15.3. The van der Waals surface area contributed by atoms with Crippen molar-refractivity contribution in [3.8, 4) is 0 Å². The minimum atomic E-state index is 0.314. The summed E-state index contributed by atoms with van der Waals surface area (Å²) in [6.07, 6.45) is 1.95. The second kappa shape index (κ2) is 5.21. The van der Waals surface area contributed by atoms with Crippen LogP contribution in [0.15, 0.2) is 12.3 Å². The molecule has 0 amide bonds. The van der Waals surface area contributed by atoms with Crippen molar-refractivity contribution in [1.82, 2.24) is 19.7 Å². The Hall–Kier alpha value is -1.55. The van der Waals surface area contributed by atoms with E-state index in [4.69, 9.17) is 0 Å². The summed E-state index contributed by atoms with van der Waals surface area (Å²) < 4.78 is 4.16. The quantitative estimate of drug-likeness (QED) is 0.916. The van der Waals surface area contributed by atoms with Gasteiger partial charge in [0, 0.05) is 49.3 Å². The molecule has 1 N–H and O–H groups in total. The molecule has 19 heavy (non-hydrogen) atoms. The molecule has 0 spiro atoms. The molecule has 2 aromatic rings. The molecule has 104 valence electrons. The van der Waals surface area contributed by atoms with Gasteiger partial charge in [0.1, 0.15) is 0 Å². The highest BCUT2D eigenvalue weighted by Gasteiger charge is 2.13. The van der Waals surface area contributed by atoms with Crippen molar-refractivity contribution in [1.29, 1.82) is 0 Å². The third-order valence-electron chi connectivity index (χ3n) is 4.22. The van der Waals surface area contributed by atoms with Gasteiger partial charge >= 0.3 is 0 Å². The highest BCUT2D eigenvalue weighted by molar-refractivity contribution is 5.27. The topological polar surface area (TPSA) is 34.8 Å². The SMILES string of the molecule is Cc1c(C(C)NCc2cc(C)n(C)c2C)cnn1C. The summed E-state index contributed by atoms with van der Waals surface area (Å²) >= 11 is 0. The minimum absolute atomic E-state index is 0.314. The molecule has 0 bridgehead atoms. The summed E-state index contributed by atoms with van der Waals surface area (Å²) in [6, 6.07) is 2.57. The molecular weight excluding hydrogens is 236 g/mol. The number of nitrogens with one attached hydrogen (secondary N) is 1. The predicted octanol–water partition coefficient (Wildman–Crippen LogP) is 2.53. The Balaban J connectivity index is 2.06. The van der Waals surface area contributed by atoms with E-state index in [1.165, 1.54) is 28.2 Å². The Morgan fingerprint density at radius 3 is 2.37 bits per heavy atom. The molecule has 0 saturated carbocycles. The number of aryl methyl sites for hydroxylation is 2. The Morgan fingerprint density at radius 2 is 1.89 bits per heavy atom. The van der Waals surface area contributed by atoms with Crippen molar-refractivity contribution in [3.63, 3.8) is 0 Å². The van der Waals surface area contributed by atoms with E-state index in [-0.39, 0.29) is 0 Å². The molecule has 1 atom stereocenters. The van der Waals surface area contributed by atoms with E-state index in [1.54, 1.807) is 0 Å². The van der Waals surface area contributed by atoms with E-state index in [0.29, 0.717) is 6.04 Å². The second-order valence-corrected chi connectivity index (χ2v) is 5.37. The first-order chi connectivity index (χ1) is 8.91. The summed E-state index contributed by atoms with van der Waals surface area (Å²) in [5.41, 5.74) is 6.50. The minimum Gasteiger partial charge on any atom is -0.352 e. The zero-order chi connectivity index (χ0) is 14.2. The van der Waals surface area contributed by atoms with Gasteiger partial charge in [0.25, 0.3) is 0 Å². The van der Waals surface area contributed by atoms with Gasteiger partial charge in [-0.2, -0.15) is 5.10 Å². The molecule has 0 aliphatic carbocycles. The molecule has 0 aliphatic rings. The molecule has 2 rings (SSSR count). The average molecular weight is 260 g/mol. The molecule has 0 saturated heterocycles. The van der Waals surface area contributed by atoms with Crippen LogP contribution in [0.3, 0.4) is 0 Å². The van der Waals surface area contributed by atoms with Gasteiger partial charge in [-0.1, -0.05) is 0 Å². The summed E-state index contributed by atoms with van der Waals surface area (Å²) in [4.78, 5) is 0. The van der Waals surface area contributed by atoms with Gasteiger partial charge < -0.3 is 9.88 Å². The van der Waals surface area contributed by atoms with Crippen LogP contribution in [0.25, 0.3) is 0 Å². The standard InChI is InChI=1S/C15H24N4/c1-10-7-14(12(3)18(10)5)8-16-11(2)15-9-17-19(6)13(15)4/h7,9,11,16H,8H2,1-6H3. The summed E-state index contributed by atoms with van der Waals surface area (Å²) in [6.45, 7) is 9.51. The van der Waals surface area contributed by atoms with Gasteiger partial charge in [0.2, 0.25) is 0 Å². The third-order valence-corrected chi connectivity index (χ3v) is 4.22. The normalized spacial score (nSPS) is 12.9. The van der Waals surface area contributed by atoms with E-state index in [0.717, 1.165) is 6.54 Å². The van der Waals surface area contributed by atoms with Crippen LogP contribution in [0.2, 0.25) is 0 Å². The fourth-order valence-electron chi connectivity index (χ4n) is 2.43. The van der Waals surface area contributed by atoms with Crippen molar-refractivity contribution in [2.75, 3.05) is 0 Å². The van der Waals surface area contributed by atoms with Crippen molar-refractivity contribution in [3.05, 3.63) is 40.5 Å². The van der Waals surface area contributed by atoms with E-state index < -0.39 is 0 Å². The van der Waals surface area contributed by atoms with Crippen LogP contribution in [0, 0.1) is 20.8 Å². The number of rotatable bonds is 4. The molecule has 4 nitrogen and oxygen atoms in total. The first-order valence-electron chi connectivity index (χ1n) is 6.75. The number of aromatic nitrogens is 3. The van der Waals surface area contributed by atoms with Crippen LogP contribution in [0.5, 0.6) is 0 Å². The lowest BCUT2D eigenvalue weighted by atomic mass is 10.1. The second-order valence-electron chi connectivity index (χ2n) is 5.37. The van der Waals surface area contributed by atoms with Crippen LogP contribution in [-0.2, 0) is 20.6 Å². The maximum atomic E-state index is 4.30. The fourth-order valence-corrected chi connectivity index (χ4v) is 2.43. The van der Waals surface area contributed by atoms with E-state index in [9.17, 15) is 0 Å². The molecule has 1 unspecified atom stereocenters. The molecule has 2 aromatic heterocycles. The maximum absolute atomic E-state index is 4.30. The van der Waals surface area contributed by atoms with E-state index in [1.807, 2.05) is 17.9 Å². The zero-order valence-corrected chi connectivity index (χ0v) is 12.8. The Labute approximate surface area is 115 Å². The summed E-state index contributed by atoms with van der Waals surface area (Å²) in [5, 5.41) is 7.88. The fraction of sp³-hybridized carbons (Fsp3) is 0.533. The van der Waals surface area contributed by atoms with Crippen molar-refractivity contribution in [2.45, 2.75) is 40.3 Å². The first-order valence-corrected chi connectivity index (χ1v) is 6.75. The smallest absolute Gasteiger partial charge is 0.0540 e. The van der Waals surface area contributed by atoms with Gasteiger partial charge in [-0.3, -0.25) is 4.68 Å². The van der Waals surface area contributed by atoms with E-state index >= 15 is 0 Å². The van der Waals surface area contributed by atoms with Gasteiger partial charge in [0.15, 0.2) is 0 Å². The lowest BCUT2D eigenvalue weighted by molar-refractivity contribution is 0.568. The Morgan fingerprint density at radius 1 is 1.21 bits per heavy atom. The Kier molecular flexibility index (Phi) is 3.80. The van der Waals surface area contributed by atoms with Crippen molar-refractivity contribution >= 4 is 0 Å². The maximum Gasteiger partial charge on any atom is 0.0540 e. The van der Waals surface area contributed by atoms with Crippen LogP contribution in [-0.4, -0.2) is 14.3 Å². The molecule has 4 heteroatoms. The first kappa shape index (κ1) is 13.9. The van der Waals surface area contributed by atoms with Crippen LogP contribution in [0.1, 0.15) is 41.2 Å². The van der Waals surface area contributed by atoms with Crippen LogP contribution < -0.4 is 5.32 Å². The van der Waals surface area contributed by atoms with Gasteiger partial charge in [-0.15, -0.1) is 0 Å². The van der Waals surface area contributed by atoms with Crippen LogP contribution in [0.4, 0.5) is 0 Å². The molecule has 0 radical (unpaired) electrons. The largest absolute Gasteiger partial charge is 0.352 e. The summed E-state index contributed by atoms with van der Waals surface area (Å²) in [7, 11) is 4.10. The van der Waals surface area contributed by atoms with Crippen molar-refractivity contribution in [2.24, 2.45) is 14.1 Å². The van der Waals surface area contributed by atoms with Gasteiger partial charge in [-0.25, -0.2) is 0 Å².